The molecule has 5 nitrogen and oxygen atoms in total. The lowest BCUT2D eigenvalue weighted by atomic mass is 10.0. The summed E-state index contributed by atoms with van der Waals surface area (Å²) in [4.78, 5) is 15.6. The minimum atomic E-state index is -0.482. The van der Waals surface area contributed by atoms with Gasteiger partial charge in [0.15, 0.2) is 0 Å². The van der Waals surface area contributed by atoms with E-state index in [-0.39, 0.29) is 5.55 Å². The smallest absolute Gasteiger partial charge is 0.332 e. The topological polar surface area (TPSA) is 64.9 Å². The summed E-state index contributed by atoms with van der Waals surface area (Å²) < 4.78 is 11.2. The molecule has 0 saturated carbocycles. The second-order valence-corrected chi connectivity index (χ2v) is 5.30. The number of carbonyl (C=O) groups is 1. The van der Waals surface area contributed by atoms with E-state index < -0.39 is 5.97 Å². The summed E-state index contributed by atoms with van der Waals surface area (Å²) >= 11 is 0. The number of benzene rings is 1. The zero-order valence-electron chi connectivity index (χ0n) is 12.8. The van der Waals surface area contributed by atoms with Crippen LogP contribution in [0.25, 0.3) is 21.9 Å². The quantitative estimate of drug-likeness (QED) is 0.545. The first-order valence-corrected chi connectivity index (χ1v) is 7.24. The average molecular weight is 299 g/mol. The number of carbonyl (C=O) groups excluding carboxylic acids is 1. The van der Waals surface area contributed by atoms with Crippen molar-refractivity contribution < 1.29 is 18.5 Å². The summed E-state index contributed by atoms with van der Waals surface area (Å²) in [6, 6.07) is 5.74. The van der Waals surface area contributed by atoms with Crippen LogP contribution in [0.4, 0.5) is 0 Å². The standard InChI is InChI=1S/C17H17NO4/c1-4-5-12-6-17(18-22-11(3)19)21-16-8-15-13(7-14(12)16)10(2)9-20-15/h6-9H,4-5H2,1-3H3/b18-17+. The van der Waals surface area contributed by atoms with Crippen LogP contribution in [0, 0.1) is 6.92 Å². The van der Waals surface area contributed by atoms with E-state index in [1.54, 1.807) is 6.26 Å². The molecule has 0 saturated heterocycles. The molecule has 0 N–H and O–H groups in total. The van der Waals surface area contributed by atoms with Crippen LogP contribution in [0.2, 0.25) is 0 Å². The number of hydrogen-bond acceptors (Lipinski definition) is 5. The fraction of sp³-hybridized carbons (Fsp3) is 0.294. The highest BCUT2D eigenvalue weighted by molar-refractivity contribution is 5.96. The summed E-state index contributed by atoms with van der Waals surface area (Å²) in [6.45, 7) is 5.42. The number of furan rings is 1. The number of rotatable bonds is 3. The highest BCUT2D eigenvalue weighted by Crippen LogP contribution is 2.28. The molecule has 3 rings (SSSR count). The molecular weight excluding hydrogens is 282 g/mol. The molecule has 2 heterocycles. The Morgan fingerprint density at radius 2 is 2.05 bits per heavy atom. The van der Waals surface area contributed by atoms with Gasteiger partial charge in [-0.15, -0.1) is 0 Å². The van der Waals surface area contributed by atoms with Crippen molar-refractivity contribution in [3.05, 3.63) is 41.1 Å². The molecule has 114 valence electrons. The predicted octanol–water partition coefficient (Wildman–Crippen LogP) is 3.82. The molecule has 0 radical (unpaired) electrons. The lowest BCUT2D eigenvalue weighted by Crippen LogP contribution is -2.06. The van der Waals surface area contributed by atoms with Gasteiger partial charge in [-0.2, -0.15) is 0 Å². The third-order valence-electron chi connectivity index (χ3n) is 3.51. The van der Waals surface area contributed by atoms with E-state index in [9.17, 15) is 4.79 Å². The average Bonchev–Trinajstić information content (AvgIpc) is 2.84. The molecule has 3 aromatic rings. The van der Waals surface area contributed by atoms with E-state index >= 15 is 0 Å². The van der Waals surface area contributed by atoms with Crippen LogP contribution >= 0.6 is 0 Å². The van der Waals surface area contributed by atoms with Crippen LogP contribution in [-0.4, -0.2) is 5.97 Å². The lowest BCUT2D eigenvalue weighted by Gasteiger charge is -2.05. The van der Waals surface area contributed by atoms with Gasteiger partial charge < -0.3 is 13.7 Å². The molecule has 0 amide bonds. The summed E-state index contributed by atoms with van der Waals surface area (Å²) in [6.07, 6.45) is 3.61. The van der Waals surface area contributed by atoms with Crippen LogP contribution < -0.4 is 5.55 Å². The van der Waals surface area contributed by atoms with E-state index in [4.69, 9.17) is 8.83 Å². The monoisotopic (exact) mass is 299 g/mol. The van der Waals surface area contributed by atoms with Crippen LogP contribution in [0.1, 0.15) is 31.4 Å². The normalized spacial score (nSPS) is 12.2. The second-order valence-electron chi connectivity index (χ2n) is 5.30. The van der Waals surface area contributed by atoms with Crippen molar-refractivity contribution in [3.8, 4) is 0 Å². The van der Waals surface area contributed by atoms with Gasteiger partial charge in [-0.05, 0) is 35.7 Å². The van der Waals surface area contributed by atoms with Crippen LogP contribution in [-0.2, 0) is 16.1 Å². The lowest BCUT2D eigenvalue weighted by molar-refractivity contribution is -0.141. The molecule has 5 heteroatoms. The Morgan fingerprint density at radius 1 is 1.23 bits per heavy atom. The van der Waals surface area contributed by atoms with E-state index in [0.29, 0.717) is 5.58 Å². The van der Waals surface area contributed by atoms with Gasteiger partial charge in [-0.25, -0.2) is 4.79 Å². The minimum absolute atomic E-state index is 0.272. The Balaban J connectivity index is 2.28. The molecular formula is C17H17NO4. The SMILES string of the molecule is CCCc1c/c(=N\OC(C)=O)oc2cc3occ(C)c3cc12. The minimum Gasteiger partial charge on any atom is -0.464 e. The maximum absolute atomic E-state index is 10.9. The van der Waals surface area contributed by atoms with Gasteiger partial charge in [0.2, 0.25) is 0 Å². The van der Waals surface area contributed by atoms with Crippen molar-refractivity contribution in [2.45, 2.75) is 33.6 Å². The molecule has 0 unspecified atom stereocenters. The fourth-order valence-electron chi connectivity index (χ4n) is 2.52. The highest BCUT2D eigenvalue weighted by Gasteiger charge is 2.10. The van der Waals surface area contributed by atoms with Gasteiger partial charge >= 0.3 is 5.97 Å². The van der Waals surface area contributed by atoms with Crippen molar-refractivity contribution >= 4 is 27.9 Å². The number of fused-ring (bicyclic) bond motifs is 2. The maximum atomic E-state index is 10.9. The van der Waals surface area contributed by atoms with Crippen molar-refractivity contribution in [1.82, 2.24) is 0 Å². The number of aryl methyl sites for hydroxylation is 2. The molecule has 0 aliphatic carbocycles. The van der Waals surface area contributed by atoms with Gasteiger partial charge in [-0.3, -0.25) is 0 Å². The van der Waals surface area contributed by atoms with Gasteiger partial charge in [-0.1, -0.05) is 13.3 Å². The Morgan fingerprint density at radius 3 is 2.77 bits per heavy atom. The number of nitrogens with zero attached hydrogens (tertiary/aromatic N) is 1. The molecule has 0 spiro atoms. The van der Waals surface area contributed by atoms with Crippen molar-refractivity contribution in [2.75, 3.05) is 0 Å². The largest absolute Gasteiger partial charge is 0.464 e. The molecule has 2 aromatic heterocycles. The number of hydrogen-bond donors (Lipinski definition) is 0. The molecule has 0 atom stereocenters. The van der Waals surface area contributed by atoms with Crippen LogP contribution in [0.3, 0.4) is 0 Å². The maximum Gasteiger partial charge on any atom is 0.332 e. The fourth-order valence-corrected chi connectivity index (χ4v) is 2.52. The third kappa shape index (κ3) is 2.62. The molecule has 0 aliphatic heterocycles. The Bertz CT molecular complexity index is 917. The molecule has 0 aliphatic rings. The Hall–Kier alpha value is -2.56. The van der Waals surface area contributed by atoms with E-state index in [1.807, 2.05) is 19.1 Å². The summed E-state index contributed by atoms with van der Waals surface area (Å²) in [5, 5.41) is 5.84. The van der Waals surface area contributed by atoms with Crippen molar-refractivity contribution in [1.29, 1.82) is 0 Å². The van der Waals surface area contributed by atoms with E-state index in [2.05, 4.69) is 23.0 Å². The molecule has 22 heavy (non-hydrogen) atoms. The molecule has 0 fully saturated rings. The molecule has 1 aromatic carbocycles. The van der Waals surface area contributed by atoms with Crippen molar-refractivity contribution in [3.63, 3.8) is 0 Å². The van der Waals surface area contributed by atoms with Gasteiger partial charge in [0.05, 0.1) is 6.26 Å². The van der Waals surface area contributed by atoms with E-state index in [1.165, 1.54) is 6.92 Å². The van der Waals surface area contributed by atoms with Gasteiger partial charge in [0, 0.05) is 29.8 Å². The first kappa shape index (κ1) is 14.4. The summed E-state index contributed by atoms with van der Waals surface area (Å²) in [5.41, 5.74) is 3.90. The first-order chi connectivity index (χ1) is 10.6. The van der Waals surface area contributed by atoms with E-state index in [0.717, 1.165) is 40.3 Å². The Labute approximate surface area is 127 Å². The second kappa shape index (κ2) is 5.67. The third-order valence-corrected chi connectivity index (χ3v) is 3.51. The van der Waals surface area contributed by atoms with Crippen LogP contribution in [0.15, 0.2) is 38.5 Å². The first-order valence-electron chi connectivity index (χ1n) is 7.24. The van der Waals surface area contributed by atoms with Gasteiger partial charge in [0.1, 0.15) is 11.2 Å². The zero-order chi connectivity index (χ0) is 15.7. The highest BCUT2D eigenvalue weighted by atomic mass is 16.7. The molecule has 0 bridgehead atoms. The van der Waals surface area contributed by atoms with Crippen LogP contribution in [0.5, 0.6) is 0 Å². The van der Waals surface area contributed by atoms with Gasteiger partial charge in [0.25, 0.3) is 5.55 Å². The Kier molecular flexibility index (Phi) is 3.71. The van der Waals surface area contributed by atoms with Crippen molar-refractivity contribution in [2.24, 2.45) is 5.16 Å². The zero-order valence-corrected chi connectivity index (χ0v) is 12.8. The summed E-state index contributed by atoms with van der Waals surface area (Å²) in [7, 11) is 0. The predicted molar refractivity (Wildman–Crippen MR) is 82.0 cm³/mol. The summed E-state index contributed by atoms with van der Waals surface area (Å²) in [5.74, 6) is -0.482.